The molecule has 0 heterocycles. The summed E-state index contributed by atoms with van der Waals surface area (Å²) >= 11 is 4.60. The Morgan fingerprint density at radius 1 is 1.50 bits per heavy atom. The Kier molecular flexibility index (Phi) is 3.72. The van der Waals surface area contributed by atoms with Crippen LogP contribution in [-0.2, 0) is 4.74 Å². The molecule has 0 bridgehead atoms. The van der Waals surface area contributed by atoms with Crippen molar-refractivity contribution in [2.24, 2.45) is 5.73 Å². The van der Waals surface area contributed by atoms with Crippen LogP contribution in [0.3, 0.4) is 0 Å². The average Bonchev–Trinajstić information content (AvgIpc) is 2.16. The fourth-order valence-corrected chi connectivity index (χ4v) is 1.16. The summed E-state index contributed by atoms with van der Waals surface area (Å²) in [5.41, 5.74) is 4.66. The maximum absolute atomic E-state index is 10.6. The first-order valence-electron chi connectivity index (χ1n) is 4.02. The second-order valence-electron chi connectivity index (χ2n) is 2.61. The number of benzene rings is 1. The number of nitrogens with two attached hydrogens (primary N) is 1. The molecule has 0 aliphatic carbocycles. The van der Waals surface area contributed by atoms with Crippen molar-refractivity contribution in [3.8, 4) is 0 Å². The zero-order valence-electron chi connectivity index (χ0n) is 7.88. The predicted molar refractivity (Wildman–Crippen MR) is 60.0 cm³/mol. The molecule has 0 spiro atoms. The second kappa shape index (κ2) is 5.03. The SMILES string of the molecule is NC(=O)OC(=S)Nc1ccccc1[N+](=O)[O-]. The summed E-state index contributed by atoms with van der Waals surface area (Å²) in [6.45, 7) is 0. The molecule has 0 saturated carbocycles. The van der Waals surface area contributed by atoms with Crippen LogP contribution in [0.15, 0.2) is 24.3 Å². The molecule has 0 aliphatic heterocycles. The first-order chi connectivity index (χ1) is 7.50. The second-order valence-corrected chi connectivity index (χ2v) is 2.98. The van der Waals surface area contributed by atoms with Crippen LogP contribution in [-0.4, -0.2) is 16.2 Å². The standard InChI is InChI=1S/C8H7N3O4S/c9-7(12)15-8(16)10-5-3-1-2-4-6(5)11(13)14/h1-4H,(H2,9,12)(H,10,16). The number of carbonyl (C=O) groups is 1. The third kappa shape index (κ3) is 3.17. The number of primary amides is 1. The summed E-state index contributed by atoms with van der Waals surface area (Å²) in [4.78, 5) is 20.4. The molecular formula is C8H7N3O4S. The molecule has 1 rings (SSSR count). The molecule has 0 aliphatic rings. The number of nitro groups is 1. The Bertz CT molecular complexity index is 449. The van der Waals surface area contributed by atoms with E-state index in [4.69, 9.17) is 5.73 Å². The number of nitrogens with zero attached hydrogens (tertiary/aromatic N) is 1. The van der Waals surface area contributed by atoms with E-state index in [1.54, 1.807) is 6.07 Å². The fraction of sp³-hybridized carbons (Fsp3) is 0. The largest absolute Gasteiger partial charge is 0.411 e. The molecule has 0 radical (unpaired) electrons. The number of rotatable bonds is 2. The van der Waals surface area contributed by atoms with Crippen LogP contribution in [0.5, 0.6) is 0 Å². The van der Waals surface area contributed by atoms with E-state index < -0.39 is 11.0 Å². The van der Waals surface area contributed by atoms with Gasteiger partial charge in [-0.3, -0.25) is 10.1 Å². The number of hydrogen-bond acceptors (Lipinski definition) is 5. The van der Waals surface area contributed by atoms with Crippen LogP contribution < -0.4 is 11.1 Å². The molecule has 7 nitrogen and oxygen atoms in total. The summed E-state index contributed by atoms with van der Waals surface area (Å²) in [5, 5.41) is 12.7. The Morgan fingerprint density at radius 3 is 2.69 bits per heavy atom. The van der Waals surface area contributed by atoms with Crippen molar-refractivity contribution in [2.45, 2.75) is 0 Å². The van der Waals surface area contributed by atoms with Crippen LogP contribution in [0.1, 0.15) is 0 Å². The van der Waals surface area contributed by atoms with Crippen molar-refractivity contribution in [2.75, 3.05) is 5.32 Å². The Labute approximate surface area is 95.3 Å². The highest BCUT2D eigenvalue weighted by atomic mass is 32.1. The third-order valence-electron chi connectivity index (χ3n) is 1.53. The van der Waals surface area contributed by atoms with Crippen molar-refractivity contribution < 1.29 is 14.5 Å². The highest BCUT2D eigenvalue weighted by Gasteiger charge is 2.14. The van der Waals surface area contributed by atoms with E-state index in [1.165, 1.54) is 18.2 Å². The number of amides is 1. The van der Waals surface area contributed by atoms with Gasteiger partial charge in [0.2, 0.25) is 0 Å². The number of carbonyl (C=O) groups excluding carboxylic acids is 1. The molecule has 0 atom stereocenters. The zero-order valence-corrected chi connectivity index (χ0v) is 8.69. The van der Waals surface area contributed by atoms with Gasteiger partial charge in [0.15, 0.2) is 0 Å². The summed E-state index contributed by atoms with van der Waals surface area (Å²) < 4.78 is 4.33. The number of ether oxygens (including phenoxy) is 1. The molecule has 0 fully saturated rings. The van der Waals surface area contributed by atoms with E-state index >= 15 is 0 Å². The van der Waals surface area contributed by atoms with Crippen molar-refractivity contribution in [3.63, 3.8) is 0 Å². The van der Waals surface area contributed by atoms with E-state index in [2.05, 4.69) is 22.3 Å². The quantitative estimate of drug-likeness (QED) is 0.460. The first-order valence-corrected chi connectivity index (χ1v) is 4.43. The first kappa shape index (κ1) is 11.9. The monoisotopic (exact) mass is 241 g/mol. The molecule has 8 heteroatoms. The van der Waals surface area contributed by atoms with Gasteiger partial charge in [-0.1, -0.05) is 12.1 Å². The van der Waals surface area contributed by atoms with Gasteiger partial charge in [-0.05, 0) is 18.3 Å². The van der Waals surface area contributed by atoms with Gasteiger partial charge >= 0.3 is 6.09 Å². The van der Waals surface area contributed by atoms with Gasteiger partial charge in [0.05, 0.1) is 4.92 Å². The Balaban J connectivity index is 2.84. The Hall–Kier alpha value is -2.22. The third-order valence-corrected chi connectivity index (χ3v) is 1.72. The van der Waals surface area contributed by atoms with Gasteiger partial charge in [0.25, 0.3) is 10.9 Å². The van der Waals surface area contributed by atoms with Gasteiger partial charge < -0.3 is 15.8 Å². The molecule has 1 aromatic rings. The van der Waals surface area contributed by atoms with Crippen LogP contribution in [0, 0.1) is 10.1 Å². The van der Waals surface area contributed by atoms with E-state index in [-0.39, 0.29) is 16.5 Å². The summed E-state index contributed by atoms with van der Waals surface area (Å²) in [6.07, 6.45) is -1.09. The Morgan fingerprint density at radius 2 is 2.12 bits per heavy atom. The summed E-state index contributed by atoms with van der Waals surface area (Å²) in [6, 6.07) is 5.79. The molecule has 1 aromatic carbocycles. The molecule has 1 amide bonds. The zero-order chi connectivity index (χ0) is 12.1. The minimum atomic E-state index is -1.09. The van der Waals surface area contributed by atoms with Crippen molar-refractivity contribution in [3.05, 3.63) is 34.4 Å². The van der Waals surface area contributed by atoms with Gasteiger partial charge in [0, 0.05) is 6.07 Å². The van der Waals surface area contributed by atoms with E-state index in [1.807, 2.05) is 0 Å². The number of thiocarbonyl (C=S) groups is 1. The number of anilines is 1. The van der Waals surface area contributed by atoms with Gasteiger partial charge in [-0.15, -0.1) is 0 Å². The predicted octanol–water partition coefficient (Wildman–Crippen LogP) is 1.39. The van der Waals surface area contributed by atoms with E-state index in [0.717, 1.165) is 0 Å². The highest BCUT2D eigenvalue weighted by Crippen LogP contribution is 2.23. The molecular weight excluding hydrogens is 234 g/mol. The van der Waals surface area contributed by atoms with Crippen molar-refractivity contribution >= 4 is 34.9 Å². The van der Waals surface area contributed by atoms with Crippen molar-refractivity contribution in [1.29, 1.82) is 0 Å². The molecule has 0 aromatic heterocycles. The average molecular weight is 241 g/mol. The fourth-order valence-electron chi connectivity index (χ4n) is 0.965. The number of nitrogens with one attached hydrogen (secondary N) is 1. The summed E-state index contributed by atoms with van der Waals surface area (Å²) in [5.74, 6) is 0. The molecule has 3 N–H and O–H groups in total. The lowest BCUT2D eigenvalue weighted by atomic mass is 10.3. The number of hydrogen-bond donors (Lipinski definition) is 2. The van der Waals surface area contributed by atoms with Gasteiger partial charge in [-0.25, -0.2) is 4.79 Å². The molecule has 16 heavy (non-hydrogen) atoms. The lowest BCUT2D eigenvalue weighted by Gasteiger charge is -2.06. The molecule has 0 saturated heterocycles. The molecule has 0 unspecified atom stereocenters. The normalized spacial score (nSPS) is 9.25. The lowest BCUT2D eigenvalue weighted by Crippen LogP contribution is -2.22. The highest BCUT2D eigenvalue weighted by molar-refractivity contribution is 7.80. The minimum Gasteiger partial charge on any atom is -0.383 e. The maximum Gasteiger partial charge on any atom is 0.411 e. The van der Waals surface area contributed by atoms with Gasteiger partial charge in [0.1, 0.15) is 5.69 Å². The van der Waals surface area contributed by atoms with E-state index in [0.29, 0.717) is 0 Å². The number of nitro benzene ring substituents is 1. The van der Waals surface area contributed by atoms with E-state index in [9.17, 15) is 14.9 Å². The van der Waals surface area contributed by atoms with Crippen LogP contribution in [0.4, 0.5) is 16.2 Å². The van der Waals surface area contributed by atoms with Crippen LogP contribution >= 0.6 is 12.2 Å². The van der Waals surface area contributed by atoms with Crippen LogP contribution in [0.2, 0.25) is 0 Å². The smallest absolute Gasteiger partial charge is 0.383 e. The lowest BCUT2D eigenvalue weighted by molar-refractivity contribution is -0.383. The topological polar surface area (TPSA) is 107 Å². The maximum atomic E-state index is 10.6. The van der Waals surface area contributed by atoms with Crippen molar-refractivity contribution in [1.82, 2.24) is 0 Å². The minimum absolute atomic E-state index is 0.124. The number of para-hydroxylation sites is 2. The molecule has 84 valence electrons. The van der Waals surface area contributed by atoms with Crippen LogP contribution in [0.25, 0.3) is 0 Å². The van der Waals surface area contributed by atoms with Gasteiger partial charge in [-0.2, -0.15) is 0 Å². The summed E-state index contributed by atoms with van der Waals surface area (Å²) in [7, 11) is 0.